The third-order valence-corrected chi connectivity index (χ3v) is 4.27. The van der Waals surface area contributed by atoms with E-state index in [1.165, 1.54) is 5.56 Å². The third-order valence-electron chi connectivity index (χ3n) is 3.49. The number of hydrogen-bond donors (Lipinski definition) is 1. The van der Waals surface area contributed by atoms with Crippen LogP contribution in [-0.4, -0.2) is 10.9 Å². The molecular weight excluding hydrogens is 318 g/mol. The summed E-state index contributed by atoms with van der Waals surface area (Å²) in [5.74, 6) is 0.846. The molecule has 1 aliphatic carbocycles. The summed E-state index contributed by atoms with van der Waals surface area (Å²) >= 11 is 3.51. The number of oxime groups is 1. The summed E-state index contributed by atoms with van der Waals surface area (Å²) in [4.78, 5) is 0. The zero-order chi connectivity index (χ0) is 13.9. The first-order valence-corrected chi connectivity index (χ1v) is 7.27. The van der Waals surface area contributed by atoms with Gasteiger partial charge in [-0.25, -0.2) is 0 Å². The Labute approximate surface area is 126 Å². The van der Waals surface area contributed by atoms with E-state index < -0.39 is 0 Å². The molecule has 2 aromatic carbocycles. The average Bonchev–Trinajstić information content (AvgIpc) is 2.88. The van der Waals surface area contributed by atoms with Crippen LogP contribution in [0.5, 0.6) is 5.75 Å². The quantitative estimate of drug-likeness (QED) is 0.678. The van der Waals surface area contributed by atoms with Crippen molar-refractivity contribution in [1.29, 1.82) is 0 Å². The van der Waals surface area contributed by atoms with E-state index in [2.05, 4.69) is 21.1 Å². The van der Waals surface area contributed by atoms with Gasteiger partial charge < -0.3 is 9.94 Å². The molecule has 0 atom stereocenters. The minimum atomic E-state index is 0.529. The number of halogens is 1. The van der Waals surface area contributed by atoms with Crippen LogP contribution in [0.4, 0.5) is 0 Å². The fourth-order valence-corrected chi connectivity index (χ4v) is 2.82. The van der Waals surface area contributed by atoms with Gasteiger partial charge >= 0.3 is 0 Å². The highest BCUT2D eigenvalue weighted by Crippen LogP contribution is 2.27. The topological polar surface area (TPSA) is 41.8 Å². The van der Waals surface area contributed by atoms with E-state index in [4.69, 9.17) is 9.94 Å². The molecule has 0 heterocycles. The Morgan fingerprint density at radius 3 is 2.80 bits per heavy atom. The number of ether oxygens (including phenoxy) is 1. The van der Waals surface area contributed by atoms with Gasteiger partial charge in [0.2, 0.25) is 0 Å². The molecule has 0 spiro atoms. The predicted molar refractivity (Wildman–Crippen MR) is 81.6 cm³/mol. The number of benzene rings is 2. The van der Waals surface area contributed by atoms with E-state index in [0.717, 1.165) is 39.9 Å². The maximum absolute atomic E-state index is 8.92. The van der Waals surface area contributed by atoms with E-state index in [1.54, 1.807) is 0 Å². The molecule has 0 saturated carbocycles. The summed E-state index contributed by atoms with van der Waals surface area (Å²) in [6.45, 7) is 0.529. The molecule has 1 aliphatic rings. The summed E-state index contributed by atoms with van der Waals surface area (Å²) in [6.07, 6.45) is 1.69. The molecule has 3 rings (SSSR count). The van der Waals surface area contributed by atoms with Crippen molar-refractivity contribution in [2.24, 2.45) is 5.16 Å². The van der Waals surface area contributed by atoms with Gasteiger partial charge in [0.15, 0.2) is 0 Å². The van der Waals surface area contributed by atoms with Crippen molar-refractivity contribution in [1.82, 2.24) is 0 Å². The standard InChI is InChI=1S/C16H14BrNO2/c17-15-4-2-1-3-12(15)10-20-13-6-7-14-11(9-13)5-8-16(14)18-19/h1-4,6-7,9,19H,5,8,10H2/b18-16-. The van der Waals surface area contributed by atoms with Crippen molar-refractivity contribution in [2.75, 3.05) is 0 Å². The highest BCUT2D eigenvalue weighted by Gasteiger charge is 2.18. The van der Waals surface area contributed by atoms with Gasteiger partial charge in [0.1, 0.15) is 12.4 Å². The third kappa shape index (κ3) is 2.56. The Hall–Kier alpha value is -1.81. The summed E-state index contributed by atoms with van der Waals surface area (Å²) in [5.41, 5.74) is 4.09. The van der Waals surface area contributed by atoms with Gasteiger partial charge in [0.25, 0.3) is 0 Å². The fourth-order valence-electron chi connectivity index (χ4n) is 2.42. The number of fused-ring (bicyclic) bond motifs is 1. The lowest BCUT2D eigenvalue weighted by Crippen LogP contribution is -1.98. The maximum Gasteiger partial charge on any atom is 0.120 e. The van der Waals surface area contributed by atoms with Gasteiger partial charge in [-0.15, -0.1) is 0 Å². The van der Waals surface area contributed by atoms with Crippen LogP contribution in [0, 0.1) is 0 Å². The molecule has 0 saturated heterocycles. The molecular formula is C16H14BrNO2. The van der Waals surface area contributed by atoms with Gasteiger partial charge in [0, 0.05) is 15.6 Å². The number of nitrogens with zero attached hydrogens (tertiary/aromatic N) is 1. The number of rotatable bonds is 3. The van der Waals surface area contributed by atoms with Crippen LogP contribution in [0.25, 0.3) is 0 Å². The van der Waals surface area contributed by atoms with Crippen molar-refractivity contribution in [3.63, 3.8) is 0 Å². The Morgan fingerprint density at radius 1 is 1.15 bits per heavy atom. The summed E-state index contributed by atoms with van der Waals surface area (Å²) in [7, 11) is 0. The van der Waals surface area contributed by atoms with Crippen molar-refractivity contribution in [2.45, 2.75) is 19.4 Å². The Balaban J connectivity index is 1.75. The normalized spacial score (nSPS) is 15.3. The smallest absolute Gasteiger partial charge is 0.120 e. The Morgan fingerprint density at radius 2 is 2.00 bits per heavy atom. The van der Waals surface area contributed by atoms with Crippen molar-refractivity contribution in [3.05, 3.63) is 63.6 Å². The summed E-state index contributed by atoms with van der Waals surface area (Å²) in [5, 5.41) is 12.2. The van der Waals surface area contributed by atoms with Gasteiger partial charge in [-0.3, -0.25) is 0 Å². The van der Waals surface area contributed by atoms with Crippen LogP contribution in [0.3, 0.4) is 0 Å². The molecule has 0 unspecified atom stereocenters. The molecule has 0 radical (unpaired) electrons. The van der Waals surface area contributed by atoms with E-state index in [9.17, 15) is 0 Å². The van der Waals surface area contributed by atoms with Crippen molar-refractivity contribution >= 4 is 21.6 Å². The monoisotopic (exact) mass is 331 g/mol. The van der Waals surface area contributed by atoms with Gasteiger partial charge in [-0.05, 0) is 42.7 Å². The van der Waals surface area contributed by atoms with Gasteiger partial charge in [-0.1, -0.05) is 39.3 Å². The highest BCUT2D eigenvalue weighted by atomic mass is 79.9. The van der Waals surface area contributed by atoms with Crippen LogP contribution in [0.2, 0.25) is 0 Å². The molecule has 2 aromatic rings. The van der Waals surface area contributed by atoms with E-state index >= 15 is 0 Å². The minimum absolute atomic E-state index is 0.529. The number of aryl methyl sites for hydroxylation is 1. The highest BCUT2D eigenvalue weighted by molar-refractivity contribution is 9.10. The Bertz CT molecular complexity index is 667. The molecule has 0 aliphatic heterocycles. The second kappa shape index (κ2) is 5.67. The SMILES string of the molecule is O/N=C1/CCc2cc(OCc3ccccc3Br)ccc21. The Kier molecular flexibility index (Phi) is 3.74. The molecule has 0 fully saturated rings. The van der Waals surface area contributed by atoms with Crippen LogP contribution >= 0.6 is 15.9 Å². The maximum atomic E-state index is 8.92. The first-order valence-electron chi connectivity index (χ1n) is 6.48. The molecule has 1 N–H and O–H groups in total. The lowest BCUT2D eigenvalue weighted by atomic mass is 10.1. The summed E-state index contributed by atoms with van der Waals surface area (Å²) in [6, 6.07) is 13.9. The largest absolute Gasteiger partial charge is 0.489 e. The fraction of sp³-hybridized carbons (Fsp3) is 0.188. The molecule has 3 nitrogen and oxygen atoms in total. The molecule has 0 bridgehead atoms. The second-order valence-electron chi connectivity index (χ2n) is 4.75. The van der Waals surface area contributed by atoms with E-state index in [-0.39, 0.29) is 0 Å². The van der Waals surface area contributed by atoms with E-state index in [1.807, 2.05) is 42.5 Å². The van der Waals surface area contributed by atoms with Crippen LogP contribution in [-0.2, 0) is 13.0 Å². The molecule has 102 valence electrons. The first-order chi connectivity index (χ1) is 9.78. The molecule has 0 aromatic heterocycles. The van der Waals surface area contributed by atoms with Gasteiger partial charge in [0.05, 0.1) is 5.71 Å². The first kappa shape index (κ1) is 13.2. The average molecular weight is 332 g/mol. The zero-order valence-corrected chi connectivity index (χ0v) is 12.4. The summed E-state index contributed by atoms with van der Waals surface area (Å²) < 4.78 is 6.89. The van der Waals surface area contributed by atoms with Crippen LogP contribution in [0.15, 0.2) is 52.1 Å². The molecule has 0 amide bonds. The van der Waals surface area contributed by atoms with Crippen molar-refractivity contribution < 1.29 is 9.94 Å². The van der Waals surface area contributed by atoms with Crippen LogP contribution < -0.4 is 4.74 Å². The lowest BCUT2D eigenvalue weighted by molar-refractivity contribution is 0.305. The number of hydrogen-bond acceptors (Lipinski definition) is 3. The lowest BCUT2D eigenvalue weighted by Gasteiger charge is -2.09. The van der Waals surface area contributed by atoms with Crippen molar-refractivity contribution in [3.8, 4) is 5.75 Å². The molecule has 4 heteroatoms. The van der Waals surface area contributed by atoms with Gasteiger partial charge in [-0.2, -0.15) is 0 Å². The predicted octanol–water partition coefficient (Wildman–Crippen LogP) is 4.15. The molecule has 20 heavy (non-hydrogen) atoms. The zero-order valence-electron chi connectivity index (χ0n) is 10.8. The van der Waals surface area contributed by atoms with E-state index in [0.29, 0.717) is 6.61 Å². The van der Waals surface area contributed by atoms with Crippen LogP contribution in [0.1, 0.15) is 23.1 Å². The second-order valence-corrected chi connectivity index (χ2v) is 5.60. The minimum Gasteiger partial charge on any atom is -0.489 e.